The number of aromatic carboxylic acids is 1. The van der Waals surface area contributed by atoms with E-state index in [0.717, 1.165) is 5.56 Å². The molecule has 1 heterocycles. The van der Waals surface area contributed by atoms with Crippen molar-refractivity contribution in [3.63, 3.8) is 0 Å². The fraction of sp³-hybridized carbons (Fsp3) is 0.286. The molecule has 0 bridgehead atoms. The highest BCUT2D eigenvalue weighted by Crippen LogP contribution is 2.28. The van der Waals surface area contributed by atoms with Crippen LogP contribution in [0.25, 0.3) is 0 Å². The molecule has 6 nitrogen and oxygen atoms in total. The van der Waals surface area contributed by atoms with E-state index in [9.17, 15) is 14.4 Å². The molecule has 3 rings (SSSR count). The summed E-state index contributed by atoms with van der Waals surface area (Å²) in [5.41, 5.74) is 1.93. The Morgan fingerprint density at radius 1 is 1.19 bits per heavy atom. The van der Waals surface area contributed by atoms with Crippen molar-refractivity contribution in [1.82, 2.24) is 10.2 Å². The first-order valence-corrected chi connectivity index (χ1v) is 8.90. The summed E-state index contributed by atoms with van der Waals surface area (Å²) >= 11 is 0. The Morgan fingerprint density at radius 2 is 1.93 bits per heavy atom. The first-order chi connectivity index (χ1) is 13.0. The van der Waals surface area contributed by atoms with Gasteiger partial charge in [0.15, 0.2) is 0 Å². The maximum absolute atomic E-state index is 12.5. The number of carbonyl (C=O) groups excluding carboxylic acids is 2. The number of carbonyl (C=O) groups is 3. The van der Waals surface area contributed by atoms with Crippen molar-refractivity contribution in [3.05, 3.63) is 71.3 Å². The van der Waals surface area contributed by atoms with Gasteiger partial charge in [0.05, 0.1) is 17.5 Å². The van der Waals surface area contributed by atoms with Gasteiger partial charge in [0, 0.05) is 19.5 Å². The number of amides is 2. The van der Waals surface area contributed by atoms with Crippen LogP contribution in [-0.4, -0.2) is 34.3 Å². The maximum Gasteiger partial charge on any atom is 0.335 e. The van der Waals surface area contributed by atoms with Gasteiger partial charge in [-0.15, -0.1) is 0 Å². The second-order valence-electron chi connectivity index (χ2n) is 6.76. The Hall–Kier alpha value is -3.15. The lowest BCUT2D eigenvalue weighted by Crippen LogP contribution is -2.33. The zero-order valence-corrected chi connectivity index (χ0v) is 15.1. The van der Waals surface area contributed by atoms with Crippen LogP contribution in [0, 0.1) is 5.92 Å². The van der Waals surface area contributed by atoms with E-state index >= 15 is 0 Å². The van der Waals surface area contributed by atoms with E-state index in [-0.39, 0.29) is 36.4 Å². The minimum Gasteiger partial charge on any atom is -0.478 e. The zero-order chi connectivity index (χ0) is 19.4. The highest BCUT2D eigenvalue weighted by Gasteiger charge is 2.36. The molecule has 0 saturated carbocycles. The van der Waals surface area contributed by atoms with Gasteiger partial charge in [0.25, 0.3) is 0 Å². The van der Waals surface area contributed by atoms with E-state index in [4.69, 9.17) is 5.11 Å². The summed E-state index contributed by atoms with van der Waals surface area (Å²) in [4.78, 5) is 37.6. The number of likely N-dealkylation sites (tertiary alicyclic amines) is 1. The summed E-state index contributed by atoms with van der Waals surface area (Å²) in [6.45, 7) is 2.58. The predicted octanol–water partition coefficient (Wildman–Crippen LogP) is 2.61. The molecular formula is C21H22N2O4. The molecule has 2 atom stereocenters. The second kappa shape index (κ2) is 8.03. The van der Waals surface area contributed by atoms with Crippen molar-refractivity contribution in [3.8, 4) is 0 Å². The second-order valence-corrected chi connectivity index (χ2v) is 6.76. The molecule has 2 unspecified atom stereocenters. The van der Waals surface area contributed by atoms with Crippen LogP contribution in [0.1, 0.15) is 40.9 Å². The summed E-state index contributed by atoms with van der Waals surface area (Å²) < 4.78 is 0. The number of rotatable bonds is 6. The van der Waals surface area contributed by atoms with Crippen LogP contribution < -0.4 is 5.32 Å². The lowest BCUT2D eigenvalue weighted by atomic mass is 10.1. The van der Waals surface area contributed by atoms with E-state index in [2.05, 4.69) is 5.32 Å². The summed E-state index contributed by atoms with van der Waals surface area (Å²) in [6.07, 6.45) is 0.193. The molecule has 2 aromatic carbocycles. The predicted molar refractivity (Wildman–Crippen MR) is 99.9 cm³/mol. The Kier molecular flexibility index (Phi) is 5.54. The number of carboxylic acids is 1. The Bertz CT molecular complexity index is 850. The van der Waals surface area contributed by atoms with Gasteiger partial charge < -0.3 is 15.3 Å². The molecule has 1 aliphatic heterocycles. The quantitative estimate of drug-likeness (QED) is 0.823. The third-order valence-electron chi connectivity index (χ3n) is 4.92. The Balaban J connectivity index is 1.59. The van der Waals surface area contributed by atoms with Crippen molar-refractivity contribution >= 4 is 17.8 Å². The highest BCUT2D eigenvalue weighted by molar-refractivity contribution is 5.89. The normalized spacial score (nSPS) is 17.6. The monoisotopic (exact) mass is 366 g/mol. The number of hydrogen-bond acceptors (Lipinski definition) is 3. The number of hydrogen-bond donors (Lipinski definition) is 2. The topological polar surface area (TPSA) is 86.7 Å². The Morgan fingerprint density at radius 3 is 2.63 bits per heavy atom. The summed E-state index contributed by atoms with van der Waals surface area (Å²) in [5.74, 6) is -1.62. The van der Waals surface area contributed by atoms with E-state index in [1.165, 1.54) is 12.1 Å². The fourth-order valence-corrected chi connectivity index (χ4v) is 3.34. The summed E-state index contributed by atoms with van der Waals surface area (Å²) in [6, 6.07) is 16.1. The van der Waals surface area contributed by atoms with Gasteiger partial charge in [-0.25, -0.2) is 4.79 Å². The number of carboxylic acid groups (broad SMARTS) is 1. The molecule has 6 heteroatoms. The van der Waals surface area contributed by atoms with Gasteiger partial charge in [-0.05, 0) is 30.2 Å². The standard InChI is InChI=1S/C21H22N2O4/c1-14(16-7-3-2-4-8-16)23-13-18(11-19(23)24)20(25)22-12-15-6-5-9-17(10-15)21(26)27/h2-10,14,18H,11-13H2,1H3,(H,22,25)(H,26,27). The van der Waals surface area contributed by atoms with E-state index < -0.39 is 11.9 Å². The third kappa shape index (κ3) is 4.34. The van der Waals surface area contributed by atoms with Gasteiger partial charge in [0.1, 0.15) is 0 Å². The molecule has 1 saturated heterocycles. The van der Waals surface area contributed by atoms with Crippen molar-refractivity contribution < 1.29 is 19.5 Å². The molecule has 0 aromatic heterocycles. The SMILES string of the molecule is CC(c1ccccc1)N1CC(C(=O)NCc2cccc(C(=O)O)c2)CC1=O. The number of nitrogens with zero attached hydrogens (tertiary/aromatic N) is 1. The van der Waals surface area contributed by atoms with Crippen molar-refractivity contribution in [2.24, 2.45) is 5.92 Å². The molecule has 2 N–H and O–H groups in total. The fourth-order valence-electron chi connectivity index (χ4n) is 3.34. The van der Waals surface area contributed by atoms with Crippen molar-refractivity contribution in [2.45, 2.75) is 25.9 Å². The van der Waals surface area contributed by atoms with Crippen LogP contribution >= 0.6 is 0 Å². The van der Waals surface area contributed by atoms with Gasteiger partial charge in [-0.1, -0.05) is 42.5 Å². The molecule has 2 amide bonds. The molecular weight excluding hydrogens is 344 g/mol. The van der Waals surface area contributed by atoms with Gasteiger partial charge >= 0.3 is 5.97 Å². The van der Waals surface area contributed by atoms with Gasteiger partial charge in [-0.2, -0.15) is 0 Å². The molecule has 27 heavy (non-hydrogen) atoms. The molecule has 0 aliphatic carbocycles. The van der Waals surface area contributed by atoms with Crippen molar-refractivity contribution in [2.75, 3.05) is 6.54 Å². The lowest BCUT2D eigenvalue weighted by Gasteiger charge is -2.25. The maximum atomic E-state index is 12.5. The number of benzene rings is 2. The van der Waals surface area contributed by atoms with Crippen LogP contribution in [0.3, 0.4) is 0 Å². The molecule has 1 fully saturated rings. The third-order valence-corrected chi connectivity index (χ3v) is 4.92. The van der Waals surface area contributed by atoms with Crippen LogP contribution in [0.5, 0.6) is 0 Å². The minimum absolute atomic E-state index is 0.0284. The zero-order valence-electron chi connectivity index (χ0n) is 15.1. The van der Waals surface area contributed by atoms with Crippen LogP contribution in [0.2, 0.25) is 0 Å². The average Bonchev–Trinajstić information content (AvgIpc) is 3.08. The summed E-state index contributed by atoms with van der Waals surface area (Å²) in [5, 5.41) is 11.8. The van der Waals surface area contributed by atoms with Gasteiger partial charge in [-0.3, -0.25) is 9.59 Å². The Labute approximate surface area is 157 Å². The van der Waals surface area contributed by atoms with Gasteiger partial charge in [0.2, 0.25) is 11.8 Å². The van der Waals surface area contributed by atoms with E-state index in [1.54, 1.807) is 17.0 Å². The molecule has 0 radical (unpaired) electrons. The first-order valence-electron chi connectivity index (χ1n) is 8.90. The number of nitrogens with one attached hydrogen (secondary N) is 1. The lowest BCUT2D eigenvalue weighted by molar-refractivity contribution is -0.130. The summed E-state index contributed by atoms with van der Waals surface area (Å²) in [7, 11) is 0. The van der Waals surface area contributed by atoms with Crippen molar-refractivity contribution in [1.29, 1.82) is 0 Å². The molecule has 2 aromatic rings. The molecule has 140 valence electrons. The average molecular weight is 366 g/mol. The minimum atomic E-state index is -1.00. The van der Waals surface area contributed by atoms with Crippen LogP contribution in [0.15, 0.2) is 54.6 Å². The van der Waals surface area contributed by atoms with Crippen LogP contribution in [-0.2, 0) is 16.1 Å². The highest BCUT2D eigenvalue weighted by atomic mass is 16.4. The smallest absolute Gasteiger partial charge is 0.335 e. The van der Waals surface area contributed by atoms with E-state index in [0.29, 0.717) is 12.1 Å². The van der Waals surface area contributed by atoms with Crippen LogP contribution in [0.4, 0.5) is 0 Å². The molecule has 0 spiro atoms. The molecule has 1 aliphatic rings. The first kappa shape index (κ1) is 18.6. The van der Waals surface area contributed by atoms with E-state index in [1.807, 2.05) is 37.3 Å². The largest absolute Gasteiger partial charge is 0.478 e.